The molecule has 1 aliphatic rings. The lowest BCUT2D eigenvalue weighted by molar-refractivity contribution is -0.0448. The number of morpholine rings is 1. The van der Waals surface area contributed by atoms with Crippen LogP contribution in [0.3, 0.4) is 0 Å². The molecule has 1 aliphatic heterocycles. The molecule has 1 radical (unpaired) electrons. The molecule has 1 N–H and O–H groups in total. The maximum atomic E-state index is 12.0. The van der Waals surface area contributed by atoms with E-state index in [1.54, 1.807) is 17.0 Å². The van der Waals surface area contributed by atoms with Gasteiger partial charge in [0, 0.05) is 25.4 Å². The molecule has 0 unspecified atom stereocenters. The molecular formula is C11H13N2O3. The van der Waals surface area contributed by atoms with Gasteiger partial charge in [0.15, 0.2) is 0 Å². The van der Waals surface area contributed by atoms with E-state index in [0.717, 1.165) is 0 Å². The van der Waals surface area contributed by atoms with E-state index >= 15 is 0 Å². The summed E-state index contributed by atoms with van der Waals surface area (Å²) in [6, 6.07) is 6.05. The lowest BCUT2D eigenvalue weighted by Crippen LogP contribution is -2.47. The molecule has 1 saturated heterocycles. The Labute approximate surface area is 93.7 Å². The Balaban J connectivity index is 2.05. The van der Waals surface area contributed by atoms with Crippen molar-refractivity contribution in [3.05, 3.63) is 30.1 Å². The number of hydrogen-bond acceptors (Lipinski definition) is 4. The highest BCUT2D eigenvalue weighted by Gasteiger charge is 2.24. The lowest BCUT2D eigenvalue weighted by atomic mass is 10.2. The molecule has 1 aromatic rings. The SMILES string of the molecule is O=C(c1cc[c]cn1)N1CCO[C@@H](CO)C1. The third-order valence-electron chi connectivity index (χ3n) is 2.46. The van der Waals surface area contributed by atoms with Crippen molar-refractivity contribution < 1.29 is 14.6 Å². The van der Waals surface area contributed by atoms with E-state index in [2.05, 4.69) is 11.1 Å². The van der Waals surface area contributed by atoms with E-state index in [4.69, 9.17) is 9.84 Å². The smallest absolute Gasteiger partial charge is 0.272 e. The van der Waals surface area contributed by atoms with E-state index in [1.807, 2.05) is 0 Å². The van der Waals surface area contributed by atoms with Crippen LogP contribution in [0.25, 0.3) is 0 Å². The van der Waals surface area contributed by atoms with Gasteiger partial charge < -0.3 is 14.7 Å². The van der Waals surface area contributed by atoms with Crippen LogP contribution in [0.5, 0.6) is 0 Å². The zero-order valence-electron chi connectivity index (χ0n) is 8.80. The van der Waals surface area contributed by atoms with Crippen LogP contribution in [0.4, 0.5) is 0 Å². The fraction of sp³-hybridized carbons (Fsp3) is 0.455. The van der Waals surface area contributed by atoms with Crippen molar-refractivity contribution in [2.75, 3.05) is 26.3 Å². The second-order valence-corrected chi connectivity index (χ2v) is 3.57. The first kappa shape index (κ1) is 11.0. The number of aromatic nitrogens is 1. The number of pyridine rings is 1. The van der Waals surface area contributed by atoms with Gasteiger partial charge in [0.25, 0.3) is 5.91 Å². The van der Waals surface area contributed by atoms with Crippen LogP contribution in [0.2, 0.25) is 0 Å². The van der Waals surface area contributed by atoms with Crippen molar-refractivity contribution in [1.82, 2.24) is 9.88 Å². The van der Waals surface area contributed by atoms with Gasteiger partial charge >= 0.3 is 0 Å². The van der Waals surface area contributed by atoms with Gasteiger partial charge in [0.2, 0.25) is 0 Å². The Bertz CT molecular complexity index is 356. The van der Waals surface area contributed by atoms with Crippen molar-refractivity contribution in [1.29, 1.82) is 0 Å². The van der Waals surface area contributed by atoms with Gasteiger partial charge in [-0.15, -0.1) is 0 Å². The van der Waals surface area contributed by atoms with Crippen LogP contribution in [-0.2, 0) is 4.74 Å². The van der Waals surface area contributed by atoms with E-state index in [9.17, 15) is 4.79 Å². The third kappa shape index (κ3) is 2.37. The second kappa shape index (κ2) is 5.05. The maximum absolute atomic E-state index is 12.0. The summed E-state index contributed by atoms with van der Waals surface area (Å²) in [5, 5.41) is 8.98. The van der Waals surface area contributed by atoms with Gasteiger partial charge in [-0.2, -0.15) is 0 Å². The van der Waals surface area contributed by atoms with Crippen LogP contribution in [-0.4, -0.2) is 53.3 Å². The summed E-state index contributed by atoms with van der Waals surface area (Å²) in [5.41, 5.74) is 0.400. The largest absolute Gasteiger partial charge is 0.394 e. The minimum absolute atomic E-state index is 0.0697. The van der Waals surface area contributed by atoms with Gasteiger partial charge in [-0.1, -0.05) is 6.07 Å². The Kier molecular flexibility index (Phi) is 3.48. The first-order valence-electron chi connectivity index (χ1n) is 5.15. The monoisotopic (exact) mass is 221 g/mol. The second-order valence-electron chi connectivity index (χ2n) is 3.57. The molecule has 0 aliphatic carbocycles. The molecule has 0 saturated carbocycles. The topological polar surface area (TPSA) is 62.7 Å². The summed E-state index contributed by atoms with van der Waals surface area (Å²) >= 11 is 0. The molecule has 85 valence electrons. The molecule has 0 aromatic carbocycles. The molecule has 1 fully saturated rings. The Morgan fingerprint density at radius 2 is 2.62 bits per heavy atom. The first-order chi connectivity index (χ1) is 7.81. The third-order valence-corrected chi connectivity index (χ3v) is 2.46. The zero-order chi connectivity index (χ0) is 11.4. The highest BCUT2D eigenvalue weighted by atomic mass is 16.5. The lowest BCUT2D eigenvalue weighted by Gasteiger charge is -2.31. The molecule has 5 nitrogen and oxygen atoms in total. The number of nitrogens with zero attached hydrogens (tertiary/aromatic N) is 2. The zero-order valence-corrected chi connectivity index (χ0v) is 8.80. The van der Waals surface area contributed by atoms with Crippen molar-refractivity contribution in [3.63, 3.8) is 0 Å². The van der Waals surface area contributed by atoms with Gasteiger partial charge in [0.05, 0.1) is 19.3 Å². The van der Waals surface area contributed by atoms with Crippen LogP contribution in [0, 0.1) is 6.07 Å². The summed E-state index contributed by atoms with van der Waals surface area (Å²) in [5.74, 6) is -0.129. The number of amides is 1. The Morgan fingerprint density at radius 1 is 1.75 bits per heavy atom. The number of carbonyl (C=O) groups excluding carboxylic acids is 1. The van der Waals surface area contributed by atoms with Crippen molar-refractivity contribution in [2.45, 2.75) is 6.10 Å². The van der Waals surface area contributed by atoms with Crippen molar-refractivity contribution >= 4 is 5.91 Å². The summed E-state index contributed by atoms with van der Waals surface area (Å²) in [4.78, 5) is 17.6. The molecule has 16 heavy (non-hydrogen) atoms. The predicted octanol–water partition coefficient (Wildman–Crippen LogP) is -0.285. The summed E-state index contributed by atoms with van der Waals surface area (Å²) in [7, 11) is 0. The summed E-state index contributed by atoms with van der Waals surface area (Å²) in [6.45, 7) is 1.33. The van der Waals surface area contributed by atoms with Crippen molar-refractivity contribution in [3.8, 4) is 0 Å². The molecule has 1 aromatic heterocycles. The quantitative estimate of drug-likeness (QED) is 0.745. The average Bonchev–Trinajstić information content (AvgIpc) is 2.39. The Hall–Kier alpha value is -1.46. The molecule has 5 heteroatoms. The average molecular weight is 221 g/mol. The van der Waals surface area contributed by atoms with Gasteiger partial charge in [-0.25, -0.2) is 0 Å². The minimum Gasteiger partial charge on any atom is -0.394 e. The van der Waals surface area contributed by atoms with Crippen LogP contribution in [0.1, 0.15) is 10.5 Å². The molecule has 1 atom stereocenters. The number of carbonyl (C=O) groups is 1. The fourth-order valence-corrected chi connectivity index (χ4v) is 1.62. The van der Waals surface area contributed by atoms with Crippen molar-refractivity contribution in [2.24, 2.45) is 0 Å². The number of hydrogen-bond donors (Lipinski definition) is 1. The normalized spacial score (nSPS) is 20.8. The molecular weight excluding hydrogens is 208 g/mol. The van der Waals surface area contributed by atoms with E-state index < -0.39 is 0 Å². The highest BCUT2D eigenvalue weighted by molar-refractivity contribution is 5.92. The first-order valence-corrected chi connectivity index (χ1v) is 5.15. The van der Waals surface area contributed by atoms with E-state index in [-0.39, 0.29) is 18.6 Å². The van der Waals surface area contributed by atoms with Gasteiger partial charge in [0.1, 0.15) is 5.69 Å². The van der Waals surface area contributed by atoms with Crippen LogP contribution >= 0.6 is 0 Å². The number of rotatable bonds is 2. The highest BCUT2D eigenvalue weighted by Crippen LogP contribution is 2.08. The molecule has 0 bridgehead atoms. The van der Waals surface area contributed by atoms with Gasteiger partial charge in [-0.05, 0) is 6.07 Å². The summed E-state index contributed by atoms with van der Waals surface area (Å²) in [6.07, 6.45) is 1.19. The number of aliphatic hydroxyl groups is 1. The number of aliphatic hydroxyl groups excluding tert-OH is 1. The standard InChI is InChI=1S/C11H13N2O3/c14-8-9-7-13(5-6-16-9)11(15)10-3-1-2-4-12-10/h1,3-4,9,14H,5-8H2/t9-/m1/s1. The van der Waals surface area contributed by atoms with Crippen LogP contribution in [0.15, 0.2) is 18.3 Å². The molecule has 2 heterocycles. The molecule has 1 amide bonds. The maximum Gasteiger partial charge on any atom is 0.272 e. The predicted molar refractivity (Wildman–Crippen MR) is 55.8 cm³/mol. The Morgan fingerprint density at radius 3 is 3.31 bits per heavy atom. The number of ether oxygens (including phenoxy) is 1. The molecule has 2 rings (SSSR count). The fourth-order valence-electron chi connectivity index (χ4n) is 1.62. The van der Waals surface area contributed by atoms with Crippen LogP contribution < -0.4 is 0 Å². The summed E-state index contributed by atoms with van der Waals surface area (Å²) < 4.78 is 5.27. The minimum atomic E-state index is -0.284. The van der Waals surface area contributed by atoms with Gasteiger partial charge in [-0.3, -0.25) is 9.78 Å². The van der Waals surface area contributed by atoms with E-state index in [0.29, 0.717) is 25.4 Å². The molecule has 0 spiro atoms. The van der Waals surface area contributed by atoms with E-state index in [1.165, 1.54) is 6.20 Å².